The Morgan fingerprint density at radius 3 is 2.27 bits per heavy atom. The molecule has 0 radical (unpaired) electrons. The van der Waals surface area contributed by atoms with Crippen molar-refractivity contribution in [3.05, 3.63) is 30.3 Å². The van der Waals surface area contributed by atoms with Gasteiger partial charge in [-0.3, -0.25) is 4.79 Å². The number of para-hydroxylation sites is 1. The average molecular weight is 473 g/mol. The number of nitrogens with one attached hydrogen (secondary N) is 2. The van der Waals surface area contributed by atoms with Crippen LogP contribution in [-0.2, 0) is 4.79 Å². The first-order valence-corrected chi connectivity index (χ1v) is 9.03. The molecule has 1 heterocycles. The summed E-state index contributed by atoms with van der Waals surface area (Å²) >= 11 is 0. The van der Waals surface area contributed by atoms with E-state index < -0.39 is 0 Å². The number of benzene rings is 1. The summed E-state index contributed by atoms with van der Waals surface area (Å²) in [7, 11) is 0. The van der Waals surface area contributed by atoms with Crippen molar-refractivity contribution in [1.82, 2.24) is 15.5 Å². The lowest BCUT2D eigenvalue weighted by atomic mass is 10.1. The number of guanidine groups is 1. The smallest absolute Gasteiger partial charge is 0.244 e. The molecule has 0 unspecified atom stereocenters. The van der Waals surface area contributed by atoms with E-state index in [0.717, 1.165) is 32.7 Å². The summed E-state index contributed by atoms with van der Waals surface area (Å²) in [6, 6.07) is 10.3. The number of hydrogen-bond acceptors (Lipinski definition) is 3. The molecule has 7 heteroatoms. The predicted octanol–water partition coefficient (Wildman–Crippen LogP) is 2.31. The molecule has 26 heavy (non-hydrogen) atoms. The molecular formula is C19H32IN5O. The van der Waals surface area contributed by atoms with Gasteiger partial charge in [-0.25, -0.2) is 4.99 Å². The zero-order chi connectivity index (χ0) is 18.3. The van der Waals surface area contributed by atoms with Crippen molar-refractivity contribution in [1.29, 1.82) is 0 Å². The summed E-state index contributed by atoms with van der Waals surface area (Å²) in [5, 5.41) is 6.49. The van der Waals surface area contributed by atoms with E-state index in [0.29, 0.717) is 5.96 Å². The summed E-state index contributed by atoms with van der Waals surface area (Å²) in [4.78, 5) is 21.1. The van der Waals surface area contributed by atoms with Gasteiger partial charge in [0, 0.05) is 44.0 Å². The van der Waals surface area contributed by atoms with Crippen molar-refractivity contribution in [2.45, 2.75) is 33.2 Å². The van der Waals surface area contributed by atoms with E-state index in [1.807, 2.05) is 30.0 Å². The zero-order valence-electron chi connectivity index (χ0n) is 16.3. The van der Waals surface area contributed by atoms with Crippen LogP contribution in [0.5, 0.6) is 0 Å². The van der Waals surface area contributed by atoms with E-state index in [1.54, 1.807) is 0 Å². The van der Waals surface area contributed by atoms with Gasteiger partial charge in [0.2, 0.25) is 5.91 Å². The Kier molecular flexibility index (Phi) is 9.18. The van der Waals surface area contributed by atoms with Gasteiger partial charge in [-0.05, 0) is 39.8 Å². The average Bonchev–Trinajstić information content (AvgIpc) is 2.59. The number of rotatable bonds is 4. The molecule has 1 saturated heterocycles. The first kappa shape index (κ1) is 22.5. The van der Waals surface area contributed by atoms with Gasteiger partial charge in [0.05, 0.1) is 0 Å². The van der Waals surface area contributed by atoms with Gasteiger partial charge in [-0.1, -0.05) is 18.2 Å². The molecule has 1 aromatic carbocycles. The summed E-state index contributed by atoms with van der Waals surface area (Å²) in [5.41, 5.74) is 1.13. The van der Waals surface area contributed by atoms with Crippen LogP contribution in [0.25, 0.3) is 0 Å². The lowest BCUT2D eigenvalue weighted by molar-refractivity contribution is -0.129. The van der Waals surface area contributed by atoms with Gasteiger partial charge in [-0.2, -0.15) is 0 Å². The number of carbonyl (C=O) groups is 1. The topological polar surface area (TPSA) is 60.0 Å². The van der Waals surface area contributed by atoms with Crippen molar-refractivity contribution in [3.63, 3.8) is 0 Å². The van der Waals surface area contributed by atoms with Gasteiger partial charge < -0.3 is 20.4 Å². The molecule has 1 amide bonds. The molecule has 1 aliphatic rings. The second kappa shape index (κ2) is 10.6. The molecule has 1 aliphatic heterocycles. The SMILES string of the molecule is CCNC(=NCC(=O)N1CCN(c2ccccc2)CC1)NC(C)(C)C.I. The molecule has 0 atom stereocenters. The molecule has 146 valence electrons. The van der Waals surface area contributed by atoms with Crippen LogP contribution in [0.2, 0.25) is 0 Å². The monoisotopic (exact) mass is 473 g/mol. The van der Waals surface area contributed by atoms with Gasteiger partial charge in [0.1, 0.15) is 6.54 Å². The fourth-order valence-corrected chi connectivity index (χ4v) is 2.76. The highest BCUT2D eigenvalue weighted by molar-refractivity contribution is 14.0. The predicted molar refractivity (Wildman–Crippen MR) is 120 cm³/mol. The first-order valence-electron chi connectivity index (χ1n) is 9.03. The Bertz CT molecular complexity index is 577. The highest BCUT2D eigenvalue weighted by Gasteiger charge is 2.21. The number of halogens is 1. The van der Waals surface area contributed by atoms with Gasteiger partial charge >= 0.3 is 0 Å². The normalized spacial score (nSPS) is 15.3. The minimum absolute atomic E-state index is 0. The molecular weight excluding hydrogens is 441 g/mol. The summed E-state index contributed by atoms with van der Waals surface area (Å²) in [5.74, 6) is 0.769. The summed E-state index contributed by atoms with van der Waals surface area (Å²) in [6.07, 6.45) is 0. The van der Waals surface area contributed by atoms with Crippen molar-refractivity contribution in [2.75, 3.05) is 44.2 Å². The Morgan fingerprint density at radius 2 is 1.73 bits per heavy atom. The molecule has 0 spiro atoms. The van der Waals surface area contributed by atoms with Gasteiger partial charge in [0.25, 0.3) is 0 Å². The van der Waals surface area contributed by atoms with E-state index in [1.165, 1.54) is 5.69 Å². The summed E-state index contributed by atoms with van der Waals surface area (Å²) < 4.78 is 0. The third-order valence-corrected chi connectivity index (χ3v) is 3.96. The highest BCUT2D eigenvalue weighted by atomic mass is 127. The molecule has 2 rings (SSSR count). The van der Waals surface area contributed by atoms with Crippen LogP contribution in [0, 0.1) is 0 Å². The Morgan fingerprint density at radius 1 is 1.12 bits per heavy atom. The minimum Gasteiger partial charge on any atom is -0.368 e. The van der Waals surface area contributed by atoms with E-state index in [2.05, 4.69) is 53.4 Å². The fraction of sp³-hybridized carbons (Fsp3) is 0.579. The maximum atomic E-state index is 12.5. The molecule has 0 bridgehead atoms. The van der Waals surface area contributed by atoms with Gasteiger partial charge in [0.15, 0.2) is 5.96 Å². The number of hydrogen-bond donors (Lipinski definition) is 2. The maximum Gasteiger partial charge on any atom is 0.244 e. The number of amides is 1. The van der Waals surface area contributed by atoms with Crippen molar-refractivity contribution in [2.24, 2.45) is 4.99 Å². The molecule has 0 aliphatic carbocycles. The Balaban J connectivity index is 0.00000338. The van der Waals surface area contributed by atoms with Crippen LogP contribution < -0.4 is 15.5 Å². The van der Waals surface area contributed by atoms with Crippen LogP contribution in [0.1, 0.15) is 27.7 Å². The molecule has 0 aromatic heterocycles. The lowest BCUT2D eigenvalue weighted by Gasteiger charge is -2.36. The number of aliphatic imine (C=N–C) groups is 1. The van der Waals surface area contributed by atoms with Crippen LogP contribution >= 0.6 is 24.0 Å². The van der Waals surface area contributed by atoms with E-state index >= 15 is 0 Å². The van der Waals surface area contributed by atoms with Gasteiger partial charge in [-0.15, -0.1) is 24.0 Å². The van der Waals surface area contributed by atoms with Crippen molar-refractivity contribution >= 4 is 41.5 Å². The second-order valence-electron chi connectivity index (χ2n) is 7.27. The zero-order valence-corrected chi connectivity index (χ0v) is 18.6. The fourth-order valence-electron chi connectivity index (χ4n) is 2.76. The number of carbonyl (C=O) groups excluding carboxylic acids is 1. The quantitative estimate of drug-likeness (QED) is 0.401. The molecule has 6 nitrogen and oxygen atoms in total. The molecule has 1 aromatic rings. The first-order chi connectivity index (χ1) is 11.9. The number of piperazine rings is 1. The van der Waals surface area contributed by atoms with E-state index in [4.69, 9.17) is 0 Å². The van der Waals surface area contributed by atoms with Crippen LogP contribution in [0.3, 0.4) is 0 Å². The number of nitrogens with zero attached hydrogens (tertiary/aromatic N) is 3. The third-order valence-electron chi connectivity index (χ3n) is 3.96. The second-order valence-corrected chi connectivity index (χ2v) is 7.27. The third kappa shape index (κ3) is 7.39. The lowest BCUT2D eigenvalue weighted by Crippen LogP contribution is -2.50. The maximum absolute atomic E-state index is 12.5. The summed E-state index contributed by atoms with van der Waals surface area (Å²) in [6.45, 7) is 12.4. The van der Waals surface area contributed by atoms with E-state index in [-0.39, 0.29) is 42.0 Å². The van der Waals surface area contributed by atoms with Crippen LogP contribution in [-0.4, -0.2) is 61.6 Å². The van der Waals surface area contributed by atoms with E-state index in [9.17, 15) is 4.79 Å². The number of anilines is 1. The van der Waals surface area contributed by atoms with Crippen molar-refractivity contribution in [3.8, 4) is 0 Å². The van der Waals surface area contributed by atoms with Crippen molar-refractivity contribution < 1.29 is 4.79 Å². The molecule has 0 saturated carbocycles. The largest absolute Gasteiger partial charge is 0.368 e. The van der Waals surface area contributed by atoms with Crippen LogP contribution in [0.15, 0.2) is 35.3 Å². The molecule has 1 fully saturated rings. The Labute approximate surface area is 174 Å². The molecule has 2 N–H and O–H groups in total. The Hall–Kier alpha value is -1.51. The minimum atomic E-state index is -0.0919. The highest BCUT2D eigenvalue weighted by Crippen LogP contribution is 2.15. The van der Waals surface area contributed by atoms with Crippen LogP contribution in [0.4, 0.5) is 5.69 Å². The standard InChI is InChI=1S/C19H31N5O.HI/c1-5-20-18(22-19(2,3)4)21-15-17(25)24-13-11-23(12-14-24)16-9-7-6-8-10-16;/h6-10H,5,11-15H2,1-4H3,(H2,20,21,22);1H.